The number of hydrogen-bond donors (Lipinski definition) is 1. The Labute approximate surface area is 221 Å². The molecule has 1 aliphatic heterocycles. The highest BCUT2D eigenvalue weighted by Gasteiger charge is 2.24. The lowest BCUT2D eigenvalue weighted by Gasteiger charge is -2.19. The van der Waals surface area contributed by atoms with E-state index in [4.69, 9.17) is 19.6 Å². The molecule has 0 saturated heterocycles. The Morgan fingerprint density at radius 1 is 1.24 bits per heavy atom. The molecule has 0 unspecified atom stereocenters. The van der Waals surface area contributed by atoms with Gasteiger partial charge in [0, 0.05) is 29.6 Å². The van der Waals surface area contributed by atoms with E-state index in [0.717, 1.165) is 57.4 Å². The Morgan fingerprint density at radius 2 is 2.00 bits per heavy atom. The standard InChI is InChI=1S/C26H35N7O3S/c1-15-12-27-19(16(2)21(15)35-8)13-33-22-20-18(31-33)11-17(9-10-32(6)7)14-37-23(20)29-24(28-22)30-25(34)36-26(3,4)5/h11-12H,9-10,13-14H2,1-8H3,(H,28,29,30,34). The third-order valence-corrected chi connectivity index (χ3v) is 6.95. The molecule has 0 atom stereocenters. The number of aryl methyl sites for hydroxylation is 1. The number of carbonyl (C=O) groups is 1. The van der Waals surface area contributed by atoms with Gasteiger partial charge in [0.25, 0.3) is 0 Å². The molecule has 37 heavy (non-hydrogen) atoms. The molecule has 0 bridgehead atoms. The van der Waals surface area contributed by atoms with Crippen molar-refractivity contribution in [2.75, 3.05) is 38.8 Å². The number of nitrogens with zero attached hydrogens (tertiary/aromatic N) is 6. The topological polar surface area (TPSA) is 107 Å². The molecule has 0 aliphatic carbocycles. The zero-order valence-electron chi connectivity index (χ0n) is 22.8. The molecule has 0 fully saturated rings. The molecule has 4 rings (SSSR count). The molecule has 0 radical (unpaired) electrons. The summed E-state index contributed by atoms with van der Waals surface area (Å²) in [5.41, 5.74) is 4.86. The summed E-state index contributed by atoms with van der Waals surface area (Å²) in [5, 5.41) is 9.29. The number of hydrogen-bond acceptors (Lipinski definition) is 9. The monoisotopic (exact) mass is 525 g/mol. The van der Waals surface area contributed by atoms with Crippen LogP contribution in [0.25, 0.3) is 17.1 Å². The first-order valence-corrected chi connectivity index (χ1v) is 13.2. The summed E-state index contributed by atoms with van der Waals surface area (Å²) in [6.07, 6.45) is 4.28. The van der Waals surface area contributed by atoms with E-state index in [-0.39, 0.29) is 5.95 Å². The number of aromatic nitrogens is 5. The van der Waals surface area contributed by atoms with Crippen molar-refractivity contribution in [3.63, 3.8) is 0 Å². The molecule has 4 heterocycles. The first kappa shape index (κ1) is 26.9. The minimum atomic E-state index is -0.636. The van der Waals surface area contributed by atoms with Crippen molar-refractivity contribution in [2.45, 2.75) is 58.2 Å². The molecule has 0 aromatic carbocycles. The van der Waals surface area contributed by atoms with Crippen LogP contribution in [0.5, 0.6) is 5.75 Å². The third kappa shape index (κ3) is 6.22. The number of amides is 1. The van der Waals surface area contributed by atoms with Gasteiger partial charge >= 0.3 is 6.09 Å². The van der Waals surface area contributed by atoms with Crippen molar-refractivity contribution >= 4 is 40.9 Å². The number of rotatable bonds is 7. The van der Waals surface area contributed by atoms with E-state index in [1.165, 1.54) is 5.57 Å². The number of pyridine rings is 1. The van der Waals surface area contributed by atoms with Gasteiger partial charge in [-0.2, -0.15) is 10.1 Å². The Bertz CT molecular complexity index is 1360. The first-order valence-electron chi connectivity index (χ1n) is 12.2. The summed E-state index contributed by atoms with van der Waals surface area (Å²) in [5.74, 6) is 1.78. The second-order valence-electron chi connectivity index (χ2n) is 10.4. The zero-order chi connectivity index (χ0) is 26.9. The average molecular weight is 526 g/mol. The lowest BCUT2D eigenvalue weighted by molar-refractivity contribution is 0.0634. The third-order valence-electron chi connectivity index (χ3n) is 5.86. The smallest absolute Gasteiger partial charge is 0.414 e. The normalized spacial score (nSPS) is 13.5. The van der Waals surface area contributed by atoms with E-state index in [0.29, 0.717) is 12.2 Å². The van der Waals surface area contributed by atoms with Crippen LogP contribution in [0.3, 0.4) is 0 Å². The highest BCUT2D eigenvalue weighted by molar-refractivity contribution is 7.99. The number of thioether (sulfide) groups is 1. The van der Waals surface area contributed by atoms with E-state index in [1.54, 1.807) is 18.9 Å². The molecule has 0 saturated carbocycles. The fraction of sp³-hybridized carbons (Fsp3) is 0.500. The molecule has 0 spiro atoms. The van der Waals surface area contributed by atoms with Gasteiger partial charge in [-0.25, -0.2) is 14.5 Å². The highest BCUT2D eigenvalue weighted by Crippen LogP contribution is 2.36. The van der Waals surface area contributed by atoms with Crippen LogP contribution in [0.1, 0.15) is 49.7 Å². The number of carbonyl (C=O) groups excluding carboxylic acids is 1. The summed E-state index contributed by atoms with van der Waals surface area (Å²) in [6, 6.07) is 0. The summed E-state index contributed by atoms with van der Waals surface area (Å²) in [6.45, 7) is 10.7. The van der Waals surface area contributed by atoms with Crippen molar-refractivity contribution in [3.8, 4) is 5.75 Å². The van der Waals surface area contributed by atoms with E-state index >= 15 is 0 Å². The van der Waals surface area contributed by atoms with E-state index < -0.39 is 11.7 Å². The van der Waals surface area contributed by atoms with Gasteiger partial charge in [-0.05, 0) is 61.2 Å². The molecule has 3 aromatic rings. The van der Waals surface area contributed by atoms with Crippen LogP contribution < -0.4 is 10.1 Å². The van der Waals surface area contributed by atoms with Crippen molar-refractivity contribution in [3.05, 3.63) is 34.3 Å². The van der Waals surface area contributed by atoms with Gasteiger partial charge in [-0.3, -0.25) is 10.3 Å². The SMILES string of the molecule is COc1c(C)cnc(Cn2nc3c4c(nc(NC(=O)OC(C)(C)C)nc42)SCC(CCN(C)C)=C3)c1C. The molecule has 1 amide bonds. The fourth-order valence-electron chi connectivity index (χ4n) is 4.11. The number of methoxy groups -OCH3 is 1. The second kappa shape index (κ2) is 10.7. The molecular weight excluding hydrogens is 490 g/mol. The molecular formula is C26H35N7O3S. The lowest BCUT2D eigenvalue weighted by Crippen LogP contribution is -2.28. The predicted molar refractivity (Wildman–Crippen MR) is 146 cm³/mol. The first-order chi connectivity index (χ1) is 17.4. The Hall–Kier alpha value is -3.18. The molecule has 1 N–H and O–H groups in total. The van der Waals surface area contributed by atoms with Crippen LogP contribution in [0.4, 0.5) is 10.7 Å². The summed E-state index contributed by atoms with van der Waals surface area (Å²) >= 11 is 1.63. The highest BCUT2D eigenvalue weighted by atomic mass is 32.2. The predicted octanol–water partition coefficient (Wildman–Crippen LogP) is 4.68. The molecule has 10 nitrogen and oxygen atoms in total. The Kier molecular flexibility index (Phi) is 7.75. The van der Waals surface area contributed by atoms with Gasteiger partial charge in [-0.1, -0.05) is 5.57 Å². The van der Waals surface area contributed by atoms with Crippen molar-refractivity contribution in [2.24, 2.45) is 0 Å². The Balaban J connectivity index is 1.79. The van der Waals surface area contributed by atoms with Gasteiger partial charge in [0.15, 0.2) is 5.65 Å². The summed E-state index contributed by atoms with van der Waals surface area (Å²) in [7, 11) is 5.80. The maximum atomic E-state index is 12.5. The minimum Gasteiger partial charge on any atom is -0.496 e. The summed E-state index contributed by atoms with van der Waals surface area (Å²) < 4.78 is 12.9. The van der Waals surface area contributed by atoms with E-state index in [9.17, 15) is 4.79 Å². The van der Waals surface area contributed by atoms with Gasteiger partial charge in [0.05, 0.1) is 30.4 Å². The second-order valence-corrected chi connectivity index (χ2v) is 11.4. The molecule has 198 valence electrons. The van der Waals surface area contributed by atoms with Crippen molar-refractivity contribution < 1.29 is 14.3 Å². The van der Waals surface area contributed by atoms with E-state index in [1.807, 2.05) is 45.5 Å². The van der Waals surface area contributed by atoms with Gasteiger partial charge in [-0.15, -0.1) is 11.8 Å². The number of anilines is 1. The minimum absolute atomic E-state index is 0.180. The number of nitrogens with one attached hydrogen (secondary N) is 1. The molecule has 3 aromatic heterocycles. The van der Waals surface area contributed by atoms with Crippen molar-refractivity contribution in [1.29, 1.82) is 0 Å². The van der Waals surface area contributed by atoms with Crippen LogP contribution in [0, 0.1) is 13.8 Å². The van der Waals surface area contributed by atoms with Crippen LogP contribution in [0.15, 0.2) is 16.8 Å². The quantitative estimate of drug-likeness (QED) is 0.440. The zero-order valence-corrected chi connectivity index (χ0v) is 23.6. The maximum Gasteiger partial charge on any atom is 0.414 e. The van der Waals surface area contributed by atoms with Gasteiger partial charge < -0.3 is 14.4 Å². The molecule has 11 heteroatoms. The maximum absolute atomic E-state index is 12.5. The van der Waals surface area contributed by atoms with Crippen LogP contribution in [-0.2, 0) is 11.3 Å². The van der Waals surface area contributed by atoms with Gasteiger partial charge in [0.2, 0.25) is 5.95 Å². The fourth-order valence-corrected chi connectivity index (χ4v) is 5.15. The van der Waals surface area contributed by atoms with Crippen LogP contribution >= 0.6 is 11.8 Å². The van der Waals surface area contributed by atoms with Crippen LogP contribution in [0.2, 0.25) is 0 Å². The van der Waals surface area contributed by atoms with Gasteiger partial charge in [0.1, 0.15) is 16.4 Å². The average Bonchev–Trinajstić information content (AvgIpc) is 3.02. The van der Waals surface area contributed by atoms with E-state index in [2.05, 4.69) is 40.4 Å². The lowest BCUT2D eigenvalue weighted by atomic mass is 10.1. The van der Waals surface area contributed by atoms with Crippen LogP contribution in [-0.4, -0.2) is 74.8 Å². The van der Waals surface area contributed by atoms with Crippen molar-refractivity contribution in [1.82, 2.24) is 29.6 Å². The summed E-state index contributed by atoms with van der Waals surface area (Å²) in [4.78, 5) is 28.7. The largest absolute Gasteiger partial charge is 0.496 e. The number of ether oxygens (including phenoxy) is 2. The Morgan fingerprint density at radius 3 is 2.68 bits per heavy atom. The molecule has 1 aliphatic rings.